The van der Waals surface area contributed by atoms with Crippen LogP contribution in [0.2, 0.25) is 0 Å². The van der Waals surface area contributed by atoms with Crippen LogP contribution in [-0.4, -0.2) is 26.4 Å². The Morgan fingerprint density at radius 1 is 0.962 bits per heavy atom. The monoisotopic (exact) mass is 347 g/mol. The Morgan fingerprint density at radius 2 is 1.77 bits per heavy atom. The van der Waals surface area contributed by atoms with Gasteiger partial charge in [0.2, 0.25) is 0 Å². The van der Waals surface area contributed by atoms with Crippen molar-refractivity contribution in [2.24, 2.45) is 0 Å². The summed E-state index contributed by atoms with van der Waals surface area (Å²) in [5.74, 6) is 0.741. The van der Waals surface area contributed by atoms with Gasteiger partial charge in [0.1, 0.15) is 11.6 Å². The number of nitrogens with one attached hydrogen (secondary N) is 1. The second-order valence-electron chi connectivity index (χ2n) is 6.10. The molecule has 4 aromatic rings. The lowest BCUT2D eigenvalue weighted by Gasteiger charge is -2.08. The highest BCUT2D eigenvalue weighted by Crippen LogP contribution is 2.21. The largest absolute Gasteiger partial charge is 0.368 e. The zero-order valence-electron chi connectivity index (χ0n) is 14.4. The Balaban J connectivity index is 1.57. The van der Waals surface area contributed by atoms with Crippen LogP contribution in [-0.2, 0) is 6.42 Å². The number of nitrogens with zero attached hydrogens (tertiary/aromatic N) is 4. The Bertz CT molecular complexity index is 1060. The van der Waals surface area contributed by atoms with Gasteiger partial charge in [0.05, 0.1) is 5.56 Å². The smallest absolute Gasteiger partial charge is 0.188 e. The predicted molar refractivity (Wildman–Crippen MR) is 99.5 cm³/mol. The van der Waals surface area contributed by atoms with Crippen molar-refractivity contribution >= 4 is 11.5 Å². The molecule has 6 heteroatoms. The predicted octanol–water partition coefficient (Wildman–Crippen LogP) is 3.89. The van der Waals surface area contributed by atoms with E-state index in [1.54, 1.807) is 22.7 Å². The summed E-state index contributed by atoms with van der Waals surface area (Å²) in [7, 11) is 0. The summed E-state index contributed by atoms with van der Waals surface area (Å²) in [5.41, 5.74) is 3.54. The standard InChI is InChI=1S/C20H18FN5/c1-14-6-2-3-7-15(14)12-13-22-18-10-11-19-23-24-20(26(19)25-18)16-8-4-5-9-17(16)21/h2-11H,12-13H2,1H3,(H,22,25). The van der Waals surface area contributed by atoms with Crippen LogP contribution in [0.1, 0.15) is 11.1 Å². The minimum absolute atomic E-state index is 0.346. The normalized spacial score (nSPS) is 11.0. The molecule has 2 aromatic carbocycles. The van der Waals surface area contributed by atoms with E-state index in [2.05, 4.69) is 39.7 Å². The van der Waals surface area contributed by atoms with E-state index in [1.165, 1.54) is 17.2 Å². The number of aromatic nitrogens is 4. The summed E-state index contributed by atoms with van der Waals surface area (Å²) in [6, 6.07) is 18.5. The summed E-state index contributed by atoms with van der Waals surface area (Å²) in [5, 5.41) is 16.0. The van der Waals surface area contributed by atoms with Crippen LogP contribution in [0.5, 0.6) is 0 Å². The summed E-state index contributed by atoms with van der Waals surface area (Å²) in [6.07, 6.45) is 0.898. The van der Waals surface area contributed by atoms with Gasteiger partial charge < -0.3 is 5.32 Å². The molecular weight excluding hydrogens is 329 g/mol. The molecule has 0 saturated heterocycles. The van der Waals surface area contributed by atoms with E-state index in [-0.39, 0.29) is 5.82 Å². The average Bonchev–Trinajstić information content (AvgIpc) is 3.07. The molecular formula is C20H18FN5. The molecule has 0 radical (unpaired) electrons. The molecule has 0 amide bonds. The first-order valence-corrected chi connectivity index (χ1v) is 8.48. The molecule has 0 saturated carbocycles. The Labute approximate surface area is 150 Å². The number of rotatable bonds is 5. The van der Waals surface area contributed by atoms with E-state index < -0.39 is 0 Å². The van der Waals surface area contributed by atoms with Crippen molar-refractivity contribution in [1.82, 2.24) is 19.8 Å². The van der Waals surface area contributed by atoms with Crippen LogP contribution in [0.3, 0.4) is 0 Å². The van der Waals surface area contributed by atoms with Gasteiger partial charge in [-0.1, -0.05) is 36.4 Å². The molecule has 0 aliphatic rings. The first-order valence-electron chi connectivity index (χ1n) is 8.48. The summed E-state index contributed by atoms with van der Waals surface area (Å²) < 4.78 is 15.6. The molecule has 0 aliphatic heterocycles. The fraction of sp³-hybridized carbons (Fsp3) is 0.150. The maximum absolute atomic E-state index is 14.1. The number of fused-ring (bicyclic) bond motifs is 1. The zero-order chi connectivity index (χ0) is 17.9. The molecule has 0 bridgehead atoms. The quantitative estimate of drug-likeness (QED) is 0.595. The maximum Gasteiger partial charge on any atom is 0.188 e. The third-order valence-corrected chi connectivity index (χ3v) is 4.34. The number of anilines is 1. The molecule has 0 atom stereocenters. The molecule has 0 aliphatic carbocycles. The molecule has 130 valence electrons. The summed E-state index contributed by atoms with van der Waals surface area (Å²) >= 11 is 0. The number of hydrogen-bond donors (Lipinski definition) is 1. The van der Waals surface area contributed by atoms with E-state index in [4.69, 9.17) is 0 Å². The molecule has 1 N–H and O–H groups in total. The second kappa shape index (κ2) is 6.92. The number of aryl methyl sites for hydroxylation is 1. The topological polar surface area (TPSA) is 55.1 Å². The molecule has 5 nitrogen and oxygen atoms in total. The van der Waals surface area contributed by atoms with Crippen LogP contribution in [0.4, 0.5) is 10.2 Å². The first-order chi connectivity index (χ1) is 12.7. The highest BCUT2D eigenvalue weighted by Gasteiger charge is 2.13. The van der Waals surface area contributed by atoms with Gasteiger partial charge >= 0.3 is 0 Å². The van der Waals surface area contributed by atoms with Crippen molar-refractivity contribution in [3.63, 3.8) is 0 Å². The van der Waals surface area contributed by atoms with Gasteiger partial charge in [-0.15, -0.1) is 15.3 Å². The minimum atomic E-state index is -0.346. The minimum Gasteiger partial charge on any atom is -0.368 e. The Morgan fingerprint density at radius 3 is 2.62 bits per heavy atom. The molecule has 4 rings (SSSR count). The van der Waals surface area contributed by atoms with E-state index in [9.17, 15) is 4.39 Å². The molecule has 0 spiro atoms. The van der Waals surface area contributed by atoms with E-state index in [0.717, 1.165) is 13.0 Å². The number of benzene rings is 2. The van der Waals surface area contributed by atoms with Crippen LogP contribution >= 0.6 is 0 Å². The van der Waals surface area contributed by atoms with Crippen molar-refractivity contribution < 1.29 is 4.39 Å². The highest BCUT2D eigenvalue weighted by atomic mass is 19.1. The Hall–Kier alpha value is -3.28. The van der Waals surface area contributed by atoms with E-state index in [1.807, 2.05) is 24.3 Å². The zero-order valence-corrected chi connectivity index (χ0v) is 14.4. The van der Waals surface area contributed by atoms with Gasteiger partial charge in [-0.3, -0.25) is 0 Å². The summed E-state index contributed by atoms with van der Waals surface area (Å²) in [6.45, 7) is 2.86. The van der Waals surface area contributed by atoms with Crippen molar-refractivity contribution in [1.29, 1.82) is 0 Å². The molecule has 0 fully saturated rings. The molecule has 2 heterocycles. The van der Waals surface area contributed by atoms with Gasteiger partial charge in [0.25, 0.3) is 0 Å². The van der Waals surface area contributed by atoms with E-state index >= 15 is 0 Å². The van der Waals surface area contributed by atoms with Crippen molar-refractivity contribution in [3.05, 3.63) is 77.6 Å². The molecule has 0 unspecified atom stereocenters. The maximum atomic E-state index is 14.1. The lowest BCUT2D eigenvalue weighted by atomic mass is 10.1. The summed E-state index contributed by atoms with van der Waals surface area (Å²) in [4.78, 5) is 0. The van der Waals surface area contributed by atoms with Gasteiger partial charge in [0, 0.05) is 6.54 Å². The Kier molecular flexibility index (Phi) is 4.31. The highest BCUT2D eigenvalue weighted by molar-refractivity contribution is 5.60. The van der Waals surface area contributed by atoms with Gasteiger partial charge in [-0.2, -0.15) is 4.52 Å². The van der Waals surface area contributed by atoms with Crippen molar-refractivity contribution in [2.45, 2.75) is 13.3 Å². The number of halogens is 1. The number of hydrogen-bond acceptors (Lipinski definition) is 4. The van der Waals surface area contributed by atoms with Crippen molar-refractivity contribution in [2.75, 3.05) is 11.9 Å². The van der Waals surface area contributed by atoms with Crippen LogP contribution < -0.4 is 5.32 Å². The van der Waals surface area contributed by atoms with Gasteiger partial charge in [0.15, 0.2) is 11.5 Å². The van der Waals surface area contributed by atoms with Gasteiger partial charge in [-0.05, 0) is 48.7 Å². The van der Waals surface area contributed by atoms with Gasteiger partial charge in [-0.25, -0.2) is 4.39 Å². The van der Waals surface area contributed by atoms with Crippen molar-refractivity contribution in [3.8, 4) is 11.4 Å². The molecule has 2 aromatic heterocycles. The fourth-order valence-corrected chi connectivity index (χ4v) is 2.91. The van der Waals surface area contributed by atoms with Crippen LogP contribution in [0.15, 0.2) is 60.7 Å². The lowest BCUT2D eigenvalue weighted by molar-refractivity contribution is 0.629. The van der Waals surface area contributed by atoms with Crippen LogP contribution in [0.25, 0.3) is 17.0 Å². The first kappa shape index (κ1) is 16.2. The SMILES string of the molecule is Cc1ccccc1CCNc1ccc2nnc(-c3ccccc3F)n2n1. The lowest BCUT2D eigenvalue weighted by Crippen LogP contribution is -2.09. The average molecular weight is 347 g/mol. The second-order valence-corrected chi connectivity index (χ2v) is 6.10. The third kappa shape index (κ3) is 3.13. The third-order valence-electron chi connectivity index (χ3n) is 4.34. The fourth-order valence-electron chi connectivity index (χ4n) is 2.91. The van der Waals surface area contributed by atoms with E-state index in [0.29, 0.717) is 22.9 Å². The molecule has 26 heavy (non-hydrogen) atoms. The van der Waals surface area contributed by atoms with Crippen LogP contribution in [0, 0.1) is 12.7 Å².